The fourth-order valence-corrected chi connectivity index (χ4v) is 1.61. The zero-order valence-corrected chi connectivity index (χ0v) is 7.21. The normalized spacial score (nSPS) is 10.6. The van der Waals surface area contributed by atoms with Gasteiger partial charge in [-0.25, -0.2) is 4.39 Å². The molecule has 0 aromatic heterocycles. The molecule has 0 atom stereocenters. The van der Waals surface area contributed by atoms with Crippen molar-refractivity contribution in [2.24, 2.45) is 0 Å². The van der Waals surface area contributed by atoms with Gasteiger partial charge in [0.1, 0.15) is 12.5 Å². The van der Waals surface area contributed by atoms with Gasteiger partial charge in [0.25, 0.3) is 0 Å². The van der Waals surface area contributed by atoms with Crippen molar-refractivity contribution < 1.29 is 8.78 Å². The Bertz CT molecular complexity index is 258. The summed E-state index contributed by atoms with van der Waals surface area (Å²) in [6, 6.07) is 4.27. The average Bonchev–Trinajstić information content (AvgIpc) is 1.94. The monoisotopic (exact) mass is 175 g/mol. The van der Waals surface area contributed by atoms with E-state index in [4.69, 9.17) is 0 Å². The molecule has 0 saturated heterocycles. The molecule has 60 valence electrons. The van der Waals surface area contributed by atoms with Gasteiger partial charge in [0.15, 0.2) is 10.7 Å². The van der Waals surface area contributed by atoms with Gasteiger partial charge in [0, 0.05) is 10.9 Å². The summed E-state index contributed by atoms with van der Waals surface area (Å²) in [5.41, 5.74) is 0. The van der Waals surface area contributed by atoms with Crippen molar-refractivity contribution in [1.82, 2.24) is 0 Å². The van der Waals surface area contributed by atoms with E-state index in [2.05, 4.69) is 0 Å². The molecule has 0 amide bonds. The van der Waals surface area contributed by atoms with Crippen molar-refractivity contribution in [3.05, 3.63) is 29.8 Å². The Morgan fingerprint density at radius 3 is 2.27 bits per heavy atom. The third-order valence-corrected chi connectivity index (χ3v) is 2.55. The van der Waals surface area contributed by atoms with Crippen molar-refractivity contribution >= 4 is 10.9 Å². The second kappa shape index (κ2) is 3.22. The van der Waals surface area contributed by atoms with E-state index in [1.807, 2.05) is 12.5 Å². The third kappa shape index (κ3) is 1.71. The van der Waals surface area contributed by atoms with Crippen LogP contribution in [0.3, 0.4) is 0 Å². The maximum Gasteiger partial charge on any atom is 0.213 e. The van der Waals surface area contributed by atoms with Gasteiger partial charge in [0.2, 0.25) is 5.82 Å². The van der Waals surface area contributed by atoms with Crippen LogP contribution in [-0.4, -0.2) is 12.5 Å². The molecule has 0 heterocycles. The molecule has 3 heteroatoms. The zero-order valence-electron chi connectivity index (χ0n) is 6.40. The number of hydrogen-bond donors (Lipinski definition) is 0. The maximum absolute atomic E-state index is 12.9. The molecular formula is C8H9F2S+. The molecule has 0 fully saturated rings. The average molecular weight is 175 g/mol. The molecule has 0 bridgehead atoms. The first-order valence-electron chi connectivity index (χ1n) is 3.14. The molecule has 0 saturated carbocycles. The summed E-state index contributed by atoms with van der Waals surface area (Å²) in [5, 5.41) is 0. The molecular weight excluding hydrogens is 166 g/mol. The minimum Gasteiger partial charge on any atom is -0.204 e. The highest BCUT2D eigenvalue weighted by Crippen LogP contribution is 2.16. The second-order valence-electron chi connectivity index (χ2n) is 2.37. The lowest BCUT2D eigenvalue weighted by atomic mass is 10.3. The SMILES string of the molecule is C[S+](C)c1cccc(F)c1F. The number of rotatable bonds is 1. The summed E-state index contributed by atoms with van der Waals surface area (Å²) in [7, 11) is -0.216. The van der Waals surface area contributed by atoms with Crippen LogP contribution in [0.15, 0.2) is 23.1 Å². The Labute approximate surface area is 67.6 Å². The highest BCUT2D eigenvalue weighted by atomic mass is 32.2. The summed E-state index contributed by atoms with van der Waals surface area (Å²) >= 11 is 0. The highest BCUT2D eigenvalue weighted by molar-refractivity contribution is 7.95. The van der Waals surface area contributed by atoms with E-state index in [-0.39, 0.29) is 10.9 Å². The van der Waals surface area contributed by atoms with Crippen molar-refractivity contribution in [2.45, 2.75) is 4.90 Å². The molecule has 1 rings (SSSR count). The van der Waals surface area contributed by atoms with E-state index < -0.39 is 11.6 Å². The topological polar surface area (TPSA) is 0 Å². The predicted octanol–water partition coefficient (Wildman–Crippen LogP) is 2.20. The van der Waals surface area contributed by atoms with E-state index >= 15 is 0 Å². The molecule has 0 unspecified atom stereocenters. The zero-order chi connectivity index (χ0) is 8.43. The molecule has 0 nitrogen and oxygen atoms in total. The third-order valence-electron chi connectivity index (χ3n) is 1.36. The lowest BCUT2D eigenvalue weighted by Gasteiger charge is -1.97. The fraction of sp³-hybridized carbons (Fsp3) is 0.250. The summed E-state index contributed by atoms with van der Waals surface area (Å²) in [6.07, 6.45) is 3.72. The van der Waals surface area contributed by atoms with Crippen molar-refractivity contribution in [3.8, 4) is 0 Å². The first kappa shape index (κ1) is 8.53. The highest BCUT2D eigenvalue weighted by Gasteiger charge is 2.17. The minimum atomic E-state index is -0.760. The molecule has 0 spiro atoms. The molecule has 0 radical (unpaired) electrons. The van der Waals surface area contributed by atoms with Gasteiger partial charge in [0.05, 0.1) is 0 Å². The molecule has 1 aromatic rings. The van der Waals surface area contributed by atoms with Crippen LogP contribution < -0.4 is 0 Å². The maximum atomic E-state index is 12.9. The standard InChI is InChI=1S/C8H9F2S/c1-11(2)7-5-3-4-6(9)8(7)10/h3-5H,1-2H3/q+1. The van der Waals surface area contributed by atoms with E-state index in [0.29, 0.717) is 4.90 Å². The van der Waals surface area contributed by atoms with Crippen LogP contribution in [0.1, 0.15) is 0 Å². The van der Waals surface area contributed by atoms with Gasteiger partial charge in [-0.1, -0.05) is 6.07 Å². The lowest BCUT2D eigenvalue weighted by molar-refractivity contribution is 0.491. The molecule has 0 aliphatic heterocycles. The Balaban J connectivity index is 3.17. The Kier molecular flexibility index (Phi) is 2.49. The number of halogens is 2. The van der Waals surface area contributed by atoms with E-state index in [0.717, 1.165) is 6.07 Å². The lowest BCUT2D eigenvalue weighted by Crippen LogP contribution is -2.00. The van der Waals surface area contributed by atoms with Crippen LogP contribution >= 0.6 is 0 Å². The summed E-state index contributed by atoms with van der Waals surface area (Å²) < 4.78 is 25.5. The molecule has 0 N–H and O–H groups in total. The van der Waals surface area contributed by atoms with Crippen LogP contribution in [0.25, 0.3) is 0 Å². The van der Waals surface area contributed by atoms with Crippen LogP contribution in [0.2, 0.25) is 0 Å². The Morgan fingerprint density at radius 2 is 1.82 bits per heavy atom. The van der Waals surface area contributed by atoms with Crippen molar-refractivity contribution in [2.75, 3.05) is 12.5 Å². The van der Waals surface area contributed by atoms with E-state index in [9.17, 15) is 8.78 Å². The Hall–Kier alpha value is -0.570. The number of benzene rings is 1. The fourth-order valence-electron chi connectivity index (χ4n) is 0.799. The minimum absolute atomic E-state index is 0.216. The second-order valence-corrected chi connectivity index (χ2v) is 4.44. The van der Waals surface area contributed by atoms with Crippen LogP contribution in [-0.2, 0) is 10.9 Å². The van der Waals surface area contributed by atoms with E-state index in [1.54, 1.807) is 6.07 Å². The smallest absolute Gasteiger partial charge is 0.204 e. The molecule has 0 aliphatic rings. The quantitative estimate of drug-likeness (QED) is 0.574. The van der Waals surface area contributed by atoms with Gasteiger partial charge < -0.3 is 0 Å². The number of hydrogen-bond acceptors (Lipinski definition) is 0. The largest absolute Gasteiger partial charge is 0.213 e. The van der Waals surface area contributed by atoms with Gasteiger partial charge in [-0.15, -0.1) is 0 Å². The van der Waals surface area contributed by atoms with E-state index in [1.165, 1.54) is 6.07 Å². The van der Waals surface area contributed by atoms with Crippen molar-refractivity contribution in [1.29, 1.82) is 0 Å². The first-order chi connectivity index (χ1) is 5.13. The molecule has 1 aromatic carbocycles. The van der Waals surface area contributed by atoms with Crippen LogP contribution in [0, 0.1) is 11.6 Å². The molecule has 11 heavy (non-hydrogen) atoms. The summed E-state index contributed by atoms with van der Waals surface area (Å²) in [5.74, 6) is -1.47. The van der Waals surface area contributed by atoms with Gasteiger partial charge in [-0.3, -0.25) is 0 Å². The Morgan fingerprint density at radius 1 is 1.18 bits per heavy atom. The van der Waals surface area contributed by atoms with Crippen molar-refractivity contribution in [3.63, 3.8) is 0 Å². The summed E-state index contributed by atoms with van der Waals surface area (Å²) in [6.45, 7) is 0. The van der Waals surface area contributed by atoms with Gasteiger partial charge >= 0.3 is 0 Å². The predicted molar refractivity (Wildman–Crippen MR) is 43.8 cm³/mol. The first-order valence-corrected chi connectivity index (χ1v) is 5.18. The van der Waals surface area contributed by atoms with Crippen LogP contribution in [0.5, 0.6) is 0 Å². The van der Waals surface area contributed by atoms with Crippen LogP contribution in [0.4, 0.5) is 8.78 Å². The molecule has 0 aliphatic carbocycles. The van der Waals surface area contributed by atoms with Gasteiger partial charge in [-0.2, -0.15) is 4.39 Å². The van der Waals surface area contributed by atoms with Gasteiger partial charge in [-0.05, 0) is 12.1 Å². The summed E-state index contributed by atoms with van der Waals surface area (Å²) in [4.78, 5) is 0.463.